The number of nitrogens with zero attached hydrogens (tertiary/aromatic N) is 1. The highest BCUT2D eigenvalue weighted by Crippen LogP contribution is 2.27. The van der Waals surface area contributed by atoms with Gasteiger partial charge in [-0.05, 0) is 30.3 Å². The highest BCUT2D eigenvalue weighted by atomic mass is 35.5. The van der Waals surface area contributed by atoms with Gasteiger partial charge >= 0.3 is 0 Å². The summed E-state index contributed by atoms with van der Waals surface area (Å²) in [7, 11) is 3.36. The van der Waals surface area contributed by atoms with Crippen LogP contribution in [0.2, 0.25) is 10.0 Å². The average molecular weight is 370 g/mol. The van der Waals surface area contributed by atoms with Crippen molar-refractivity contribution in [1.29, 1.82) is 0 Å². The van der Waals surface area contributed by atoms with Crippen molar-refractivity contribution in [2.24, 2.45) is 0 Å². The van der Waals surface area contributed by atoms with E-state index in [0.29, 0.717) is 28.1 Å². The van der Waals surface area contributed by atoms with E-state index >= 15 is 0 Å². The molecule has 3 nitrogen and oxygen atoms in total. The van der Waals surface area contributed by atoms with Crippen LogP contribution in [-0.4, -0.2) is 30.7 Å². The first-order valence-electron chi connectivity index (χ1n) is 6.95. The summed E-state index contributed by atoms with van der Waals surface area (Å²) in [5, 5.41) is 1.27. The minimum Gasteiger partial charge on any atom is -0.496 e. The van der Waals surface area contributed by atoms with E-state index < -0.39 is 0 Å². The second-order valence-corrected chi connectivity index (χ2v) is 6.79. The Bertz CT molecular complexity index is 694. The summed E-state index contributed by atoms with van der Waals surface area (Å²) >= 11 is 13.5. The molecule has 0 aliphatic carbocycles. The first kappa shape index (κ1) is 18.0. The van der Waals surface area contributed by atoms with Gasteiger partial charge in [0.2, 0.25) is 5.91 Å². The molecule has 6 heteroatoms. The fraction of sp³-hybridized carbons (Fsp3) is 0.235. The van der Waals surface area contributed by atoms with Crippen molar-refractivity contribution in [3.8, 4) is 5.75 Å². The van der Waals surface area contributed by atoms with Gasteiger partial charge in [0.05, 0.1) is 17.9 Å². The van der Waals surface area contributed by atoms with Crippen LogP contribution in [0.4, 0.5) is 0 Å². The minimum absolute atomic E-state index is 0.0111. The smallest absolute Gasteiger partial charge is 0.232 e. The molecule has 0 fully saturated rings. The summed E-state index contributed by atoms with van der Waals surface area (Å²) in [5.41, 5.74) is 0.874. The maximum absolute atomic E-state index is 12.3. The summed E-state index contributed by atoms with van der Waals surface area (Å²) in [6, 6.07) is 12.9. The molecular formula is C17H17Cl2NO2S. The number of methoxy groups -OCH3 is 1. The second-order valence-electron chi connectivity index (χ2n) is 4.93. The molecule has 0 saturated carbocycles. The first-order chi connectivity index (χ1) is 11.0. The predicted octanol–water partition coefficient (Wildman–Crippen LogP) is 4.75. The Balaban J connectivity index is 1.98. The van der Waals surface area contributed by atoms with E-state index in [2.05, 4.69) is 0 Å². The zero-order valence-corrected chi connectivity index (χ0v) is 15.2. The van der Waals surface area contributed by atoms with Gasteiger partial charge in [-0.3, -0.25) is 4.79 Å². The molecule has 0 spiro atoms. The Morgan fingerprint density at radius 3 is 2.65 bits per heavy atom. The van der Waals surface area contributed by atoms with Crippen LogP contribution in [0.3, 0.4) is 0 Å². The number of carbonyl (C=O) groups is 1. The molecule has 0 N–H and O–H groups in total. The molecule has 0 unspecified atom stereocenters. The lowest BCUT2D eigenvalue weighted by Crippen LogP contribution is -2.28. The first-order valence-corrected chi connectivity index (χ1v) is 8.69. The second kappa shape index (κ2) is 8.48. The zero-order valence-electron chi connectivity index (χ0n) is 12.9. The molecule has 0 heterocycles. The Morgan fingerprint density at radius 1 is 1.22 bits per heavy atom. The Kier molecular flexibility index (Phi) is 6.63. The van der Waals surface area contributed by atoms with E-state index in [1.165, 1.54) is 11.8 Å². The van der Waals surface area contributed by atoms with Gasteiger partial charge in [0.25, 0.3) is 0 Å². The van der Waals surface area contributed by atoms with Gasteiger partial charge in [-0.2, -0.15) is 0 Å². The summed E-state index contributed by atoms with van der Waals surface area (Å²) in [6.07, 6.45) is 0. The topological polar surface area (TPSA) is 29.5 Å². The monoisotopic (exact) mass is 369 g/mol. The maximum Gasteiger partial charge on any atom is 0.232 e. The van der Waals surface area contributed by atoms with Crippen molar-refractivity contribution in [2.45, 2.75) is 11.4 Å². The number of ether oxygens (including phenoxy) is 1. The van der Waals surface area contributed by atoms with E-state index in [1.54, 1.807) is 31.2 Å². The van der Waals surface area contributed by atoms with Gasteiger partial charge in [0.15, 0.2) is 0 Å². The predicted molar refractivity (Wildman–Crippen MR) is 96.7 cm³/mol. The van der Waals surface area contributed by atoms with Gasteiger partial charge in [-0.1, -0.05) is 35.3 Å². The van der Waals surface area contributed by atoms with Gasteiger partial charge in [-0.25, -0.2) is 0 Å². The number of amides is 1. The fourth-order valence-electron chi connectivity index (χ4n) is 2.03. The van der Waals surface area contributed by atoms with E-state index in [4.69, 9.17) is 27.9 Å². The maximum atomic E-state index is 12.3. The zero-order chi connectivity index (χ0) is 16.8. The fourth-order valence-corrected chi connectivity index (χ4v) is 3.40. The highest BCUT2D eigenvalue weighted by molar-refractivity contribution is 8.00. The van der Waals surface area contributed by atoms with Crippen LogP contribution < -0.4 is 4.74 Å². The summed E-state index contributed by atoms with van der Waals surface area (Å²) in [6.45, 7) is 0.436. The third-order valence-corrected chi connectivity index (χ3v) is 5.00. The molecule has 0 aliphatic heterocycles. The van der Waals surface area contributed by atoms with E-state index in [0.717, 1.165) is 10.5 Å². The molecule has 0 saturated heterocycles. The quantitative estimate of drug-likeness (QED) is 0.687. The van der Waals surface area contributed by atoms with Gasteiger partial charge in [-0.15, -0.1) is 11.8 Å². The molecule has 0 aromatic heterocycles. The normalized spacial score (nSPS) is 10.4. The lowest BCUT2D eigenvalue weighted by Gasteiger charge is -2.19. The van der Waals surface area contributed by atoms with Gasteiger partial charge < -0.3 is 9.64 Å². The molecule has 122 valence electrons. The summed E-state index contributed by atoms with van der Waals surface area (Å²) < 4.78 is 5.31. The number of carbonyl (C=O) groups excluding carboxylic acids is 1. The van der Waals surface area contributed by atoms with Crippen molar-refractivity contribution in [1.82, 2.24) is 4.90 Å². The number of thioether (sulfide) groups is 1. The average Bonchev–Trinajstić information content (AvgIpc) is 2.54. The van der Waals surface area contributed by atoms with Crippen LogP contribution in [0.15, 0.2) is 47.4 Å². The number of rotatable bonds is 6. The van der Waals surface area contributed by atoms with Gasteiger partial charge in [0, 0.05) is 29.1 Å². The minimum atomic E-state index is 0.0111. The SMILES string of the molecule is COc1ccc(Cl)cc1CN(C)C(=O)CSc1ccccc1Cl. The van der Waals surface area contributed by atoms with Crippen LogP contribution in [0.1, 0.15) is 5.56 Å². The van der Waals surface area contributed by atoms with Gasteiger partial charge in [0.1, 0.15) is 5.75 Å². The molecule has 23 heavy (non-hydrogen) atoms. The molecule has 2 aromatic carbocycles. The van der Waals surface area contributed by atoms with Crippen LogP contribution in [-0.2, 0) is 11.3 Å². The largest absolute Gasteiger partial charge is 0.496 e. The Labute approximate surface area is 150 Å². The van der Waals surface area contributed by atoms with Crippen molar-refractivity contribution in [3.63, 3.8) is 0 Å². The van der Waals surface area contributed by atoms with Crippen LogP contribution in [0.25, 0.3) is 0 Å². The molecule has 2 aromatic rings. The van der Waals surface area contributed by atoms with Crippen molar-refractivity contribution in [2.75, 3.05) is 19.9 Å². The highest BCUT2D eigenvalue weighted by Gasteiger charge is 2.13. The third-order valence-electron chi connectivity index (χ3n) is 3.26. The van der Waals surface area contributed by atoms with Crippen LogP contribution in [0, 0.1) is 0 Å². The molecule has 2 rings (SSSR count). The lowest BCUT2D eigenvalue weighted by atomic mass is 10.2. The van der Waals surface area contributed by atoms with E-state index in [-0.39, 0.29) is 5.91 Å². The molecule has 0 atom stereocenters. The number of hydrogen-bond acceptors (Lipinski definition) is 3. The van der Waals surface area contributed by atoms with Crippen molar-refractivity contribution >= 4 is 40.9 Å². The van der Waals surface area contributed by atoms with Crippen LogP contribution >= 0.6 is 35.0 Å². The molecule has 0 bridgehead atoms. The number of hydrogen-bond donors (Lipinski definition) is 0. The summed E-state index contributed by atoms with van der Waals surface area (Å²) in [4.78, 5) is 14.9. The van der Waals surface area contributed by atoms with Crippen molar-refractivity contribution < 1.29 is 9.53 Å². The molecular weight excluding hydrogens is 353 g/mol. The van der Waals surface area contributed by atoms with E-state index in [1.807, 2.05) is 30.3 Å². The molecule has 1 amide bonds. The van der Waals surface area contributed by atoms with E-state index in [9.17, 15) is 4.79 Å². The Hall–Kier alpha value is -1.36. The Morgan fingerprint density at radius 2 is 1.96 bits per heavy atom. The van der Waals surface area contributed by atoms with Crippen molar-refractivity contribution in [3.05, 3.63) is 58.1 Å². The number of halogens is 2. The third kappa shape index (κ3) is 5.06. The number of benzene rings is 2. The van der Waals surface area contributed by atoms with Crippen LogP contribution in [0.5, 0.6) is 5.75 Å². The molecule has 0 radical (unpaired) electrons. The lowest BCUT2D eigenvalue weighted by molar-refractivity contribution is -0.127. The molecule has 0 aliphatic rings. The summed E-state index contributed by atoms with van der Waals surface area (Å²) in [5.74, 6) is 1.05. The standard InChI is InChI=1S/C17H17Cl2NO2S/c1-20(10-12-9-13(18)7-8-15(12)22-2)17(21)11-23-16-6-4-3-5-14(16)19/h3-9H,10-11H2,1-2H3.